The number of rotatable bonds is 13. The minimum absolute atomic E-state index is 0.0254. The van der Waals surface area contributed by atoms with Crippen LogP contribution in [0.5, 0.6) is 0 Å². The molecule has 12 nitrogen and oxygen atoms in total. The first-order valence-corrected chi connectivity index (χ1v) is 17.1. The molecule has 264 valence electrons. The van der Waals surface area contributed by atoms with E-state index < -0.39 is 47.9 Å². The van der Waals surface area contributed by atoms with Gasteiger partial charge in [-0.2, -0.15) is 0 Å². The van der Waals surface area contributed by atoms with Crippen LogP contribution in [0.15, 0.2) is 91.3 Å². The van der Waals surface area contributed by atoms with Gasteiger partial charge in [0.05, 0.1) is 13.2 Å². The molecule has 0 bridgehead atoms. The summed E-state index contributed by atoms with van der Waals surface area (Å²) >= 11 is 0. The lowest BCUT2D eigenvalue weighted by Crippen LogP contribution is -2.54. The summed E-state index contributed by atoms with van der Waals surface area (Å²) in [6.45, 7) is 0.0254. The lowest BCUT2D eigenvalue weighted by molar-refractivity contribution is -0.145. The van der Waals surface area contributed by atoms with Gasteiger partial charge in [0.2, 0.25) is 11.8 Å². The number of esters is 1. The highest BCUT2D eigenvalue weighted by Gasteiger charge is 2.36. The molecule has 1 aliphatic carbocycles. The molecule has 0 saturated heterocycles. The lowest BCUT2D eigenvalue weighted by atomic mass is 9.82. The molecule has 0 aliphatic heterocycles. The van der Waals surface area contributed by atoms with E-state index in [1.54, 1.807) is 12.4 Å². The van der Waals surface area contributed by atoms with Crippen molar-refractivity contribution in [1.29, 1.82) is 0 Å². The molecule has 0 spiro atoms. The Balaban J connectivity index is 1.10. The van der Waals surface area contributed by atoms with E-state index in [4.69, 9.17) is 9.47 Å². The Morgan fingerprint density at radius 2 is 1.39 bits per heavy atom. The first-order valence-electron chi connectivity index (χ1n) is 17.1. The zero-order chi connectivity index (χ0) is 35.7. The summed E-state index contributed by atoms with van der Waals surface area (Å²) in [5.41, 5.74) is 4.25. The molecule has 1 aliphatic rings. The predicted octanol–water partition coefficient (Wildman–Crippen LogP) is 4.63. The molecule has 0 unspecified atom stereocenters. The van der Waals surface area contributed by atoms with Gasteiger partial charge in [0.25, 0.3) is 0 Å². The second-order valence-electron chi connectivity index (χ2n) is 12.8. The number of fused-ring (bicyclic) bond motifs is 2. The normalized spacial score (nSPS) is 17.0. The molecule has 6 rings (SSSR count). The van der Waals surface area contributed by atoms with Crippen LogP contribution in [-0.2, 0) is 48.1 Å². The second kappa shape index (κ2) is 16.2. The van der Waals surface area contributed by atoms with E-state index >= 15 is 0 Å². The molecule has 5 aromatic rings. The number of carbonyl (C=O) groups is 5. The van der Waals surface area contributed by atoms with Crippen molar-refractivity contribution >= 4 is 51.5 Å². The molecule has 3 amide bonds. The number of H-pyrrole nitrogens is 2. The number of Topliss-reactive ketones (excluding diaryl/α,β-unsaturated/α-hetero) is 1. The van der Waals surface area contributed by atoms with Gasteiger partial charge in [-0.1, -0.05) is 73.2 Å². The third-order valence-electron chi connectivity index (χ3n) is 9.38. The summed E-state index contributed by atoms with van der Waals surface area (Å²) in [5.74, 6) is -2.52. The summed E-state index contributed by atoms with van der Waals surface area (Å²) in [4.78, 5) is 72.6. The van der Waals surface area contributed by atoms with E-state index in [2.05, 4.69) is 25.9 Å². The highest BCUT2D eigenvalue weighted by atomic mass is 16.5. The number of para-hydroxylation sites is 2. The number of ether oxygens (including phenoxy) is 2. The minimum atomic E-state index is -1.05. The summed E-state index contributed by atoms with van der Waals surface area (Å²) in [6, 6.07) is 21.6. The zero-order valence-corrected chi connectivity index (χ0v) is 28.3. The Hall–Kier alpha value is -5.91. The Labute approximate surface area is 294 Å². The first-order chi connectivity index (χ1) is 24.8. The van der Waals surface area contributed by atoms with Crippen LogP contribution in [0.2, 0.25) is 0 Å². The highest BCUT2D eigenvalue weighted by molar-refractivity contribution is 5.96. The van der Waals surface area contributed by atoms with E-state index in [1.807, 2.05) is 78.9 Å². The Morgan fingerprint density at radius 1 is 0.784 bits per heavy atom. The molecule has 3 aromatic carbocycles. The topological polar surface area (TPSA) is 171 Å². The van der Waals surface area contributed by atoms with Crippen LogP contribution in [0.25, 0.3) is 21.8 Å². The third kappa shape index (κ3) is 8.64. The van der Waals surface area contributed by atoms with Crippen LogP contribution in [0.1, 0.15) is 42.4 Å². The molecule has 2 heterocycles. The molecule has 1 fully saturated rings. The van der Waals surface area contributed by atoms with Crippen LogP contribution < -0.4 is 16.0 Å². The van der Waals surface area contributed by atoms with E-state index in [9.17, 15) is 24.0 Å². The fourth-order valence-corrected chi connectivity index (χ4v) is 6.73. The van der Waals surface area contributed by atoms with Crippen LogP contribution in [-0.4, -0.2) is 64.9 Å². The van der Waals surface area contributed by atoms with Gasteiger partial charge in [-0.15, -0.1) is 0 Å². The van der Waals surface area contributed by atoms with Gasteiger partial charge in [0, 0.05) is 59.4 Å². The number of alkyl carbamates (subject to hydrolysis) is 1. The molecule has 12 heteroatoms. The number of methoxy groups -OCH3 is 1. The smallest absolute Gasteiger partial charge is 0.408 e. The van der Waals surface area contributed by atoms with E-state index in [-0.39, 0.29) is 31.7 Å². The average Bonchev–Trinajstić information content (AvgIpc) is 3.75. The van der Waals surface area contributed by atoms with Crippen LogP contribution in [0.4, 0.5) is 4.79 Å². The predicted molar refractivity (Wildman–Crippen MR) is 190 cm³/mol. The fourth-order valence-electron chi connectivity index (χ4n) is 6.73. The number of amides is 3. The van der Waals surface area contributed by atoms with Crippen molar-refractivity contribution in [2.75, 3.05) is 7.11 Å². The maximum Gasteiger partial charge on any atom is 0.408 e. The number of aromatic nitrogens is 2. The van der Waals surface area contributed by atoms with Crippen LogP contribution in [0.3, 0.4) is 0 Å². The number of hydrogen-bond donors (Lipinski definition) is 5. The average molecular weight is 692 g/mol. The number of nitrogens with one attached hydrogen (secondary N) is 5. The van der Waals surface area contributed by atoms with Crippen molar-refractivity contribution in [3.63, 3.8) is 0 Å². The summed E-state index contributed by atoms with van der Waals surface area (Å²) in [5, 5.41) is 10.2. The van der Waals surface area contributed by atoms with Gasteiger partial charge in [-0.3, -0.25) is 14.4 Å². The number of benzene rings is 3. The second-order valence-corrected chi connectivity index (χ2v) is 12.8. The number of carbonyl (C=O) groups excluding carboxylic acids is 5. The molecule has 1 saturated carbocycles. The molecule has 51 heavy (non-hydrogen) atoms. The van der Waals surface area contributed by atoms with Crippen LogP contribution >= 0.6 is 0 Å². The van der Waals surface area contributed by atoms with Crippen molar-refractivity contribution in [3.8, 4) is 0 Å². The number of hydrogen-bond acceptors (Lipinski definition) is 7. The molecular weight excluding hydrogens is 650 g/mol. The maximum absolute atomic E-state index is 13.8. The Kier molecular flexibility index (Phi) is 11.1. The van der Waals surface area contributed by atoms with Crippen molar-refractivity contribution in [2.45, 2.75) is 63.3 Å². The third-order valence-corrected chi connectivity index (χ3v) is 9.38. The molecule has 4 atom stereocenters. The SMILES string of the molecule is COC(=O)[C@H](Cc1c[nH]c2ccccc12)NC(=O)C[C@H]1CCC[C@@H](NC(=O)[C@H](Cc2c[nH]c3ccccc23)NC(=O)OCc2ccccc2)C1=O. The highest BCUT2D eigenvalue weighted by Crippen LogP contribution is 2.26. The zero-order valence-electron chi connectivity index (χ0n) is 28.3. The lowest BCUT2D eigenvalue weighted by Gasteiger charge is -2.30. The van der Waals surface area contributed by atoms with Gasteiger partial charge >= 0.3 is 12.1 Å². The van der Waals surface area contributed by atoms with Crippen molar-refractivity contribution in [3.05, 3.63) is 108 Å². The quantitative estimate of drug-likeness (QED) is 0.112. The van der Waals surface area contributed by atoms with Gasteiger partial charge < -0.3 is 35.4 Å². The van der Waals surface area contributed by atoms with E-state index in [0.29, 0.717) is 19.3 Å². The number of aromatic amines is 2. The molecule has 5 N–H and O–H groups in total. The van der Waals surface area contributed by atoms with E-state index in [0.717, 1.165) is 38.5 Å². The molecule has 0 radical (unpaired) electrons. The minimum Gasteiger partial charge on any atom is -0.467 e. The number of ketones is 1. The van der Waals surface area contributed by atoms with Crippen molar-refractivity contribution in [2.24, 2.45) is 5.92 Å². The van der Waals surface area contributed by atoms with Crippen molar-refractivity contribution < 1.29 is 33.4 Å². The maximum atomic E-state index is 13.8. The van der Waals surface area contributed by atoms with Crippen LogP contribution in [0, 0.1) is 5.92 Å². The largest absolute Gasteiger partial charge is 0.467 e. The Morgan fingerprint density at radius 3 is 2.04 bits per heavy atom. The van der Waals surface area contributed by atoms with Gasteiger partial charge in [-0.05, 0) is 41.7 Å². The van der Waals surface area contributed by atoms with E-state index in [1.165, 1.54) is 7.11 Å². The fraction of sp³-hybridized carbons (Fsp3) is 0.308. The monoisotopic (exact) mass is 691 g/mol. The molecular formula is C39H41N5O7. The summed E-state index contributed by atoms with van der Waals surface area (Å²) in [6.07, 6.45) is 4.50. The Bertz CT molecular complexity index is 2020. The van der Waals surface area contributed by atoms with Gasteiger partial charge in [0.15, 0.2) is 5.78 Å². The van der Waals surface area contributed by atoms with Gasteiger partial charge in [-0.25, -0.2) is 9.59 Å². The molecule has 2 aromatic heterocycles. The summed E-state index contributed by atoms with van der Waals surface area (Å²) in [7, 11) is 1.26. The standard InChI is InChI=1S/C39H41N5O7/c1-50-38(48)34(19-27-22-41-31-16-8-6-14-29(27)31)42-35(45)20-25-12-9-17-32(36(25)46)43-37(47)33(18-26-21-40-30-15-7-5-13-28(26)30)44-39(49)51-23-24-10-3-2-4-11-24/h2-8,10-11,13-16,21-22,25,32-34,40-41H,9,12,17-20,23H2,1H3,(H,42,45)(H,43,47)(H,44,49)/t25-,32-,33+,34+/m1/s1. The van der Waals surface area contributed by atoms with Gasteiger partial charge in [0.1, 0.15) is 18.7 Å². The first kappa shape index (κ1) is 34.9. The summed E-state index contributed by atoms with van der Waals surface area (Å²) < 4.78 is 10.4. The van der Waals surface area contributed by atoms with Crippen molar-refractivity contribution in [1.82, 2.24) is 25.9 Å².